The van der Waals surface area contributed by atoms with Crippen LogP contribution < -0.4 is 16.0 Å². The maximum absolute atomic E-state index is 11.6. The van der Waals surface area contributed by atoms with E-state index in [2.05, 4.69) is 27.0 Å². The third-order valence-corrected chi connectivity index (χ3v) is 4.31. The van der Waals surface area contributed by atoms with E-state index >= 15 is 0 Å². The summed E-state index contributed by atoms with van der Waals surface area (Å²) in [6, 6.07) is 7.90. The van der Waals surface area contributed by atoms with E-state index in [1.807, 2.05) is 18.2 Å². The predicted octanol–water partition coefficient (Wildman–Crippen LogP) is 2.57. The lowest BCUT2D eigenvalue weighted by molar-refractivity contribution is 0.146. The Kier molecular flexibility index (Phi) is 7.85. The highest BCUT2D eigenvalue weighted by atomic mass is 35.5. The smallest absolute Gasteiger partial charge is 0.407 e. The fraction of sp³-hybridized carbons (Fsp3) is 0.556. The Balaban J connectivity index is 1.73. The van der Waals surface area contributed by atoms with E-state index in [0.717, 1.165) is 36.8 Å². The maximum Gasteiger partial charge on any atom is 0.407 e. The zero-order chi connectivity index (χ0) is 18.1. The molecule has 3 N–H and O–H groups in total. The monoisotopic (exact) mass is 366 g/mol. The van der Waals surface area contributed by atoms with Gasteiger partial charge >= 0.3 is 6.09 Å². The average molecular weight is 367 g/mol. The van der Waals surface area contributed by atoms with Crippen LogP contribution in [0.4, 0.5) is 4.79 Å². The van der Waals surface area contributed by atoms with E-state index in [9.17, 15) is 4.79 Å². The number of hydrogen-bond acceptors (Lipinski definition) is 3. The molecule has 0 aromatic heterocycles. The van der Waals surface area contributed by atoms with Crippen LogP contribution in [0.1, 0.15) is 25.3 Å². The molecule has 1 amide bonds. The van der Waals surface area contributed by atoms with E-state index in [1.165, 1.54) is 5.56 Å². The molecule has 1 aliphatic carbocycles. The number of ether oxygens (including phenoxy) is 1. The first kappa shape index (κ1) is 19.4. The van der Waals surface area contributed by atoms with Crippen molar-refractivity contribution in [3.8, 4) is 0 Å². The van der Waals surface area contributed by atoms with Crippen molar-refractivity contribution in [2.45, 2.75) is 32.2 Å². The highest BCUT2D eigenvalue weighted by Crippen LogP contribution is 2.32. The number of guanidine groups is 1. The van der Waals surface area contributed by atoms with Gasteiger partial charge in [0.05, 0.1) is 12.6 Å². The van der Waals surface area contributed by atoms with Gasteiger partial charge in [0.2, 0.25) is 0 Å². The molecular weight excluding hydrogens is 340 g/mol. The Labute approximate surface area is 154 Å². The third kappa shape index (κ3) is 7.22. The van der Waals surface area contributed by atoms with Crippen molar-refractivity contribution in [3.63, 3.8) is 0 Å². The van der Waals surface area contributed by atoms with Crippen LogP contribution in [0.2, 0.25) is 5.02 Å². The Morgan fingerprint density at radius 2 is 2.20 bits per heavy atom. The molecule has 0 bridgehead atoms. The van der Waals surface area contributed by atoms with E-state index in [4.69, 9.17) is 16.3 Å². The topological polar surface area (TPSA) is 74.8 Å². The molecule has 6 nitrogen and oxygen atoms in total. The summed E-state index contributed by atoms with van der Waals surface area (Å²) in [5.74, 6) is 1.24. The zero-order valence-corrected chi connectivity index (χ0v) is 15.6. The van der Waals surface area contributed by atoms with Crippen molar-refractivity contribution < 1.29 is 9.53 Å². The van der Waals surface area contributed by atoms with Crippen molar-refractivity contribution in [1.82, 2.24) is 16.0 Å². The van der Waals surface area contributed by atoms with E-state index in [0.29, 0.717) is 19.1 Å². The summed E-state index contributed by atoms with van der Waals surface area (Å²) in [5, 5.41) is 10.2. The number of hydrogen-bond donors (Lipinski definition) is 3. The second-order valence-corrected chi connectivity index (χ2v) is 6.50. The lowest BCUT2D eigenvalue weighted by Crippen LogP contribution is -2.48. The molecule has 1 unspecified atom stereocenters. The summed E-state index contributed by atoms with van der Waals surface area (Å²) in [4.78, 5) is 15.9. The summed E-state index contributed by atoms with van der Waals surface area (Å²) >= 11 is 6.00. The van der Waals surface area contributed by atoms with Crippen LogP contribution in [0, 0.1) is 5.92 Å². The zero-order valence-electron chi connectivity index (χ0n) is 14.8. The average Bonchev–Trinajstić information content (AvgIpc) is 3.42. The SMILES string of the molecule is CCOC(=O)NC(CNC(=NC)NCCc1cccc(Cl)c1)C1CC1. The Morgan fingerprint density at radius 3 is 2.84 bits per heavy atom. The lowest BCUT2D eigenvalue weighted by atomic mass is 10.1. The van der Waals surface area contributed by atoms with Gasteiger partial charge in [0, 0.05) is 25.2 Å². The molecular formula is C18H27ClN4O2. The van der Waals surface area contributed by atoms with Crippen LogP contribution in [0.3, 0.4) is 0 Å². The highest BCUT2D eigenvalue weighted by Gasteiger charge is 2.32. The molecule has 1 aliphatic rings. The van der Waals surface area contributed by atoms with Crippen molar-refractivity contribution in [2.75, 3.05) is 26.7 Å². The second kappa shape index (κ2) is 10.1. The van der Waals surface area contributed by atoms with Gasteiger partial charge in [0.25, 0.3) is 0 Å². The van der Waals surface area contributed by atoms with Crippen molar-refractivity contribution in [2.24, 2.45) is 10.9 Å². The number of carbonyl (C=O) groups is 1. The Bertz CT molecular complexity index is 590. The first-order valence-electron chi connectivity index (χ1n) is 8.74. The van der Waals surface area contributed by atoms with Gasteiger partial charge in [0.1, 0.15) is 0 Å². The molecule has 1 aromatic rings. The number of benzene rings is 1. The van der Waals surface area contributed by atoms with Gasteiger partial charge in [-0.25, -0.2) is 4.79 Å². The Hall–Kier alpha value is -1.95. The molecule has 0 heterocycles. The van der Waals surface area contributed by atoms with Crippen LogP contribution in [0.5, 0.6) is 0 Å². The molecule has 2 rings (SSSR count). The van der Waals surface area contributed by atoms with Gasteiger partial charge in [-0.05, 0) is 49.8 Å². The first-order chi connectivity index (χ1) is 12.1. The van der Waals surface area contributed by atoms with E-state index < -0.39 is 0 Å². The summed E-state index contributed by atoms with van der Waals surface area (Å²) in [6.07, 6.45) is 2.78. The lowest BCUT2D eigenvalue weighted by Gasteiger charge is -2.20. The minimum atomic E-state index is -0.356. The molecule has 1 atom stereocenters. The number of nitrogens with one attached hydrogen (secondary N) is 3. The maximum atomic E-state index is 11.6. The summed E-state index contributed by atoms with van der Waals surface area (Å²) < 4.78 is 4.97. The third-order valence-electron chi connectivity index (χ3n) is 4.08. The minimum absolute atomic E-state index is 0.0607. The van der Waals surface area contributed by atoms with Gasteiger partial charge in [-0.2, -0.15) is 0 Å². The molecule has 0 spiro atoms. The van der Waals surface area contributed by atoms with E-state index in [-0.39, 0.29) is 12.1 Å². The number of halogens is 1. The number of aliphatic imine (C=N–C) groups is 1. The number of rotatable bonds is 8. The number of amides is 1. The molecule has 0 saturated heterocycles. The quantitative estimate of drug-likeness (QED) is 0.488. The molecule has 1 aromatic carbocycles. The molecule has 1 fully saturated rings. The summed E-state index contributed by atoms with van der Waals surface area (Å²) in [7, 11) is 1.74. The van der Waals surface area contributed by atoms with Gasteiger partial charge in [-0.3, -0.25) is 4.99 Å². The van der Waals surface area contributed by atoms with Crippen molar-refractivity contribution in [1.29, 1.82) is 0 Å². The standard InChI is InChI=1S/C18H27ClN4O2/c1-3-25-18(24)23-16(14-7-8-14)12-22-17(20-2)21-10-9-13-5-4-6-15(19)11-13/h4-6,11,14,16H,3,7-10,12H2,1-2H3,(H,23,24)(H2,20,21,22). The van der Waals surface area contributed by atoms with Crippen LogP contribution >= 0.6 is 11.6 Å². The van der Waals surface area contributed by atoms with Crippen LogP contribution in [-0.2, 0) is 11.2 Å². The van der Waals surface area contributed by atoms with Gasteiger partial charge in [-0.1, -0.05) is 23.7 Å². The van der Waals surface area contributed by atoms with E-state index in [1.54, 1.807) is 14.0 Å². The number of nitrogens with zero attached hydrogens (tertiary/aromatic N) is 1. The van der Waals surface area contributed by atoms with Gasteiger partial charge in [0.15, 0.2) is 5.96 Å². The van der Waals surface area contributed by atoms with Crippen LogP contribution in [0.15, 0.2) is 29.3 Å². The summed E-state index contributed by atoms with van der Waals surface area (Å²) in [5.41, 5.74) is 1.18. The first-order valence-corrected chi connectivity index (χ1v) is 9.12. The number of carbonyl (C=O) groups excluding carboxylic acids is 1. The fourth-order valence-electron chi connectivity index (χ4n) is 2.60. The van der Waals surface area contributed by atoms with Gasteiger partial charge in [-0.15, -0.1) is 0 Å². The molecule has 25 heavy (non-hydrogen) atoms. The van der Waals surface area contributed by atoms with Crippen molar-refractivity contribution >= 4 is 23.7 Å². The number of alkyl carbamates (subject to hydrolysis) is 1. The second-order valence-electron chi connectivity index (χ2n) is 6.07. The van der Waals surface area contributed by atoms with Crippen LogP contribution in [0.25, 0.3) is 0 Å². The van der Waals surface area contributed by atoms with Crippen LogP contribution in [-0.4, -0.2) is 44.8 Å². The molecule has 0 aliphatic heterocycles. The Morgan fingerprint density at radius 1 is 1.40 bits per heavy atom. The summed E-state index contributed by atoms with van der Waals surface area (Å²) in [6.45, 7) is 3.55. The minimum Gasteiger partial charge on any atom is -0.450 e. The normalized spacial score (nSPS) is 15.4. The fourth-order valence-corrected chi connectivity index (χ4v) is 2.82. The highest BCUT2D eigenvalue weighted by molar-refractivity contribution is 6.30. The molecule has 0 radical (unpaired) electrons. The predicted molar refractivity (Wildman–Crippen MR) is 101 cm³/mol. The molecule has 138 valence electrons. The molecule has 7 heteroatoms. The molecule has 1 saturated carbocycles. The van der Waals surface area contributed by atoms with Gasteiger partial charge < -0.3 is 20.7 Å². The largest absolute Gasteiger partial charge is 0.450 e. The van der Waals surface area contributed by atoms with Crippen molar-refractivity contribution in [3.05, 3.63) is 34.9 Å².